The van der Waals surface area contributed by atoms with Gasteiger partial charge in [0.2, 0.25) is 0 Å². The summed E-state index contributed by atoms with van der Waals surface area (Å²) in [5.41, 5.74) is 9.91. The SMILES string of the molecule is c1ccc(-c2ccc(-c3nc(-c4ccc(-c5ccccc5)cc4)nc(-c4c5ccccc5c(-c5cccc6ccccc56)c5ccccc45)n3)cc2)cc1. The molecule has 9 aromatic carbocycles. The topological polar surface area (TPSA) is 38.7 Å². The smallest absolute Gasteiger partial charge is 0.165 e. The molecule has 3 heteroatoms. The largest absolute Gasteiger partial charge is 0.208 e. The minimum absolute atomic E-state index is 0.632. The van der Waals surface area contributed by atoms with Gasteiger partial charge in [0.15, 0.2) is 17.5 Å². The molecule has 0 aliphatic carbocycles. The minimum Gasteiger partial charge on any atom is -0.208 e. The van der Waals surface area contributed by atoms with E-state index in [0.717, 1.165) is 49.4 Å². The van der Waals surface area contributed by atoms with Crippen LogP contribution in [0.1, 0.15) is 0 Å². The second kappa shape index (κ2) is 13.4. The molecular weight excluding hydrogens is 655 g/mol. The van der Waals surface area contributed by atoms with Crippen molar-refractivity contribution in [3.63, 3.8) is 0 Å². The number of hydrogen-bond acceptors (Lipinski definition) is 3. The maximum absolute atomic E-state index is 5.30. The molecule has 0 amide bonds. The number of aromatic nitrogens is 3. The van der Waals surface area contributed by atoms with Crippen LogP contribution in [0.3, 0.4) is 0 Å². The van der Waals surface area contributed by atoms with Gasteiger partial charge in [-0.3, -0.25) is 0 Å². The molecule has 1 heterocycles. The highest BCUT2D eigenvalue weighted by atomic mass is 15.0. The highest BCUT2D eigenvalue weighted by molar-refractivity contribution is 6.23. The van der Waals surface area contributed by atoms with Crippen molar-refractivity contribution in [3.8, 4) is 67.5 Å². The predicted octanol–water partition coefficient (Wildman–Crippen LogP) is 13.3. The Bertz CT molecular complexity index is 2790. The Morgan fingerprint density at radius 3 is 1.07 bits per heavy atom. The summed E-state index contributed by atoms with van der Waals surface area (Å²) < 4.78 is 0. The molecule has 0 aliphatic heterocycles. The number of benzene rings is 9. The van der Waals surface area contributed by atoms with Gasteiger partial charge in [-0.2, -0.15) is 0 Å². The molecule has 0 saturated heterocycles. The average Bonchev–Trinajstić information content (AvgIpc) is 3.26. The van der Waals surface area contributed by atoms with Crippen molar-refractivity contribution in [2.75, 3.05) is 0 Å². The Labute approximate surface area is 313 Å². The second-order valence-corrected chi connectivity index (χ2v) is 13.6. The third kappa shape index (κ3) is 5.60. The summed E-state index contributed by atoms with van der Waals surface area (Å²) in [5.74, 6) is 1.91. The van der Waals surface area contributed by atoms with E-state index in [1.807, 2.05) is 12.1 Å². The molecule has 54 heavy (non-hydrogen) atoms. The molecule has 0 radical (unpaired) electrons. The molecule has 0 spiro atoms. The molecule has 0 fully saturated rings. The average molecular weight is 688 g/mol. The van der Waals surface area contributed by atoms with E-state index in [1.165, 1.54) is 33.0 Å². The standard InChI is InChI=1S/C51H33N3/c1-3-14-34(15-4-1)36-26-30-39(31-27-36)49-52-50(40-32-28-37(29-33-40)35-16-5-2-6-17-35)54-51(53-49)48-45-23-11-9-21-43(45)47(44-22-10-12-24-46(44)48)42-25-13-19-38-18-7-8-20-41(38)42/h1-33H. The molecule has 0 bridgehead atoms. The lowest BCUT2D eigenvalue weighted by molar-refractivity contribution is 1.08. The first-order valence-corrected chi connectivity index (χ1v) is 18.3. The van der Waals surface area contributed by atoms with Crippen LogP contribution in [0.5, 0.6) is 0 Å². The van der Waals surface area contributed by atoms with Crippen LogP contribution in [-0.2, 0) is 0 Å². The van der Waals surface area contributed by atoms with E-state index >= 15 is 0 Å². The van der Waals surface area contributed by atoms with E-state index in [1.54, 1.807) is 0 Å². The van der Waals surface area contributed by atoms with Crippen molar-refractivity contribution in [1.82, 2.24) is 15.0 Å². The van der Waals surface area contributed by atoms with Crippen molar-refractivity contribution in [2.24, 2.45) is 0 Å². The molecule has 0 atom stereocenters. The second-order valence-electron chi connectivity index (χ2n) is 13.6. The highest BCUT2D eigenvalue weighted by Crippen LogP contribution is 2.45. The van der Waals surface area contributed by atoms with E-state index in [4.69, 9.17) is 15.0 Å². The van der Waals surface area contributed by atoms with Crippen LogP contribution in [0.2, 0.25) is 0 Å². The van der Waals surface area contributed by atoms with Crippen molar-refractivity contribution in [2.45, 2.75) is 0 Å². The van der Waals surface area contributed by atoms with Crippen LogP contribution >= 0.6 is 0 Å². The monoisotopic (exact) mass is 687 g/mol. The lowest BCUT2D eigenvalue weighted by Gasteiger charge is -2.18. The van der Waals surface area contributed by atoms with E-state index in [-0.39, 0.29) is 0 Å². The van der Waals surface area contributed by atoms with Crippen LogP contribution in [0.4, 0.5) is 0 Å². The molecular formula is C51H33N3. The minimum atomic E-state index is 0.632. The van der Waals surface area contributed by atoms with Crippen molar-refractivity contribution < 1.29 is 0 Å². The van der Waals surface area contributed by atoms with Gasteiger partial charge in [0.25, 0.3) is 0 Å². The third-order valence-electron chi connectivity index (χ3n) is 10.3. The summed E-state index contributed by atoms with van der Waals surface area (Å²) in [4.78, 5) is 15.7. The molecule has 10 aromatic rings. The van der Waals surface area contributed by atoms with Gasteiger partial charge in [0, 0.05) is 16.7 Å². The fraction of sp³-hybridized carbons (Fsp3) is 0. The Hall–Kier alpha value is -7.23. The summed E-state index contributed by atoms with van der Waals surface area (Å²) in [6.45, 7) is 0. The molecule has 0 saturated carbocycles. The number of fused-ring (bicyclic) bond motifs is 3. The Kier molecular flexibility index (Phi) is 7.81. The van der Waals surface area contributed by atoms with Gasteiger partial charge in [0.05, 0.1) is 0 Å². The maximum atomic E-state index is 5.30. The normalized spacial score (nSPS) is 11.3. The number of hydrogen-bond donors (Lipinski definition) is 0. The van der Waals surface area contributed by atoms with Gasteiger partial charge < -0.3 is 0 Å². The summed E-state index contributed by atoms with van der Waals surface area (Å²) in [7, 11) is 0. The molecule has 0 unspecified atom stereocenters. The van der Waals surface area contributed by atoms with Crippen molar-refractivity contribution in [3.05, 3.63) is 200 Å². The van der Waals surface area contributed by atoms with Gasteiger partial charge in [-0.25, -0.2) is 15.0 Å². The van der Waals surface area contributed by atoms with Crippen LogP contribution in [0.15, 0.2) is 200 Å². The predicted molar refractivity (Wildman–Crippen MR) is 225 cm³/mol. The van der Waals surface area contributed by atoms with Gasteiger partial charge in [0.1, 0.15) is 0 Å². The van der Waals surface area contributed by atoms with Crippen molar-refractivity contribution >= 4 is 32.3 Å². The van der Waals surface area contributed by atoms with Gasteiger partial charge >= 0.3 is 0 Å². The fourth-order valence-electron chi connectivity index (χ4n) is 7.73. The first-order valence-electron chi connectivity index (χ1n) is 18.3. The Morgan fingerprint density at radius 2 is 0.574 bits per heavy atom. The summed E-state index contributed by atoms with van der Waals surface area (Å²) >= 11 is 0. The first-order chi connectivity index (χ1) is 26.8. The zero-order valence-electron chi connectivity index (χ0n) is 29.4. The number of nitrogens with zero attached hydrogens (tertiary/aromatic N) is 3. The van der Waals surface area contributed by atoms with E-state index in [2.05, 4.69) is 188 Å². The van der Waals surface area contributed by atoms with Crippen molar-refractivity contribution in [1.29, 1.82) is 0 Å². The Balaban J connectivity index is 1.21. The van der Waals surface area contributed by atoms with Crippen LogP contribution < -0.4 is 0 Å². The van der Waals surface area contributed by atoms with E-state index in [0.29, 0.717) is 17.5 Å². The molecule has 10 rings (SSSR count). The summed E-state index contributed by atoms with van der Waals surface area (Å²) in [5, 5.41) is 6.96. The lowest BCUT2D eigenvalue weighted by atomic mass is 9.86. The number of rotatable bonds is 6. The summed E-state index contributed by atoms with van der Waals surface area (Å²) in [6.07, 6.45) is 0. The molecule has 3 nitrogen and oxygen atoms in total. The summed E-state index contributed by atoms with van der Waals surface area (Å²) in [6, 6.07) is 70.5. The Morgan fingerprint density at radius 1 is 0.222 bits per heavy atom. The zero-order valence-corrected chi connectivity index (χ0v) is 29.4. The van der Waals surface area contributed by atoms with Gasteiger partial charge in [-0.15, -0.1) is 0 Å². The molecule has 252 valence electrons. The zero-order chi connectivity index (χ0) is 35.8. The molecule has 1 aromatic heterocycles. The van der Waals surface area contributed by atoms with Gasteiger partial charge in [-0.1, -0.05) is 200 Å². The molecule has 0 N–H and O–H groups in total. The quantitative estimate of drug-likeness (QED) is 0.163. The van der Waals surface area contributed by atoms with E-state index in [9.17, 15) is 0 Å². The maximum Gasteiger partial charge on any atom is 0.165 e. The first kappa shape index (κ1) is 31.5. The van der Waals surface area contributed by atoms with Crippen LogP contribution in [0, 0.1) is 0 Å². The van der Waals surface area contributed by atoms with Crippen LogP contribution in [-0.4, -0.2) is 15.0 Å². The highest BCUT2D eigenvalue weighted by Gasteiger charge is 2.21. The van der Waals surface area contributed by atoms with Crippen LogP contribution in [0.25, 0.3) is 99.9 Å². The van der Waals surface area contributed by atoms with Gasteiger partial charge in [-0.05, 0) is 65.7 Å². The molecule has 0 aliphatic rings. The van der Waals surface area contributed by atoms with E-state index < -0.39 is 0 Å². The lowest BCUT2D eigenvalue weighted by Crippen LogP contribution is -2.02. The third-order valence-corrected chi connectivity index (χ3v) is 10.3. The fourth-order valence-corrected chi connectivity index (χ4v) is 7.73.